The first-order valence-corrected chi connectivity index (χ1v) is 10.3. The first-order valence-electron chi connectivity index (χ1n) is 10.3. The Morgan fingerprint density at radius 3 is 2.42 bits per heavy atom. The SMILES string of the molecule is CN1CCN(C(=O)c2cccc(-c3cc(Nc4ccc(OC(F)(F)F)cc4)ncn3)c2)CC1. The summed E-state index contributed by atoms with van der Waals surface area (Å²) in [5, 5.41) is 3.03. The van der Waals surface area contributed by atoms with E-state index in [1.807, 2.05) is 24.1 Å². The average Bonchev–Trinajstić information content (AvgIpc) is 2.80. The Balaban J connectivity index is 1.48. The van der Waals surface area contributed by atoms with Gasteiger partial charge >= 0.3 is 6.36 Å². The zero-order valence-electron chi connectivity index (χ0n) is 17.8. The molecule has 1 saturated heterocycles. The van der Waals surface area contributed by atoms with E-state index < -0.39 is 6.36 Å². The number of nitrogens with zero attached hydrogens (tertiary/aromatic N) is 4. The minimum absolute atomic E-state index is 0.0153. The number of rotatable bonds is 5. The molecule has 7 nitrogen and oxygen atoms in total. The van der Waals surface area contributed by atoms with E-state index in [1.54, 1.807) is 18.2 Å². The van der Waals surface area contributed by atoms with Crippen molar-refractivity contribution in [2.75, 3.05) is 38.5 Å². The van der Waals surface area contributed by atoms with Gasteiger partial charge in [0, 0.05) is 49.1 Å². The third-order valence-corrected chi connectivity index (χ3v) is 5.22. The number of hydrogen-bond donors (Lipinski definition) is 1. The fourth-order valence-corrected chi connectivity index (χ4v) is 3.48. The zero-order chi connectivity index (χ0) is 23.4. The summed E-state index contributed by atoms with van der Waals surface area (Å²) < 4.78 is 40.8. The second-order valence-corrected chi connectivity index (χ2v) is 7.66. The number of carbonyl (C=O) groups is 1. The van der Waals surface area contributed by atoms with E-state index in [-0.39, 0.29) is 11.7 Å². The van der Waals surface area contributed by atoms with Gasteiger partial charge in [-0.15, -0.1) is 13.2 Å². The number of alkyl halides is 3. The predicted molar refractivity (Wildman–Crippen MR) is 117 cm³/mol. The zero-order valence-corrected chi connectivity index (χ0v) is 17.8. The van der Waals surface area contributed by atoms with Gasteiger partial charge in [-0.1, -0.05) is 12.1 Å². The van der Waals surface area contributed by atoms with Gasteiger partial charge in [-0.2, -0.15) is 0 Å². The predicted octanol–water partition coefficient (Wildman–Crippen LogP) is 4.17. The molecule has 10 heteroatoms. The van der Waals surface area contributed by atoms with Crippen molar-refractivity contribution < 1.29 is 22.7 Å². The van der Waals surface area contributed by atoms with Gasteiger partial charge in [-0.05, 0) is 43.4 Å². The fourth-order valence-electron chi connectivity index (χ4n) is 3.48. The summed E-state index contributed by atoms with van der Waals surface area (Å²) in [5.41, 5.74) is 2.49. The van der Waals surface area contributed by atoms with Crippen LogP contribution in [0.15, 0.2) is 60.9 Å². The molecule has 1 fully saturated rings. The van der Waals surface area contributed by atoms with Crippen LogP contribution in [0, 0.1) is 0 Å². The summed E-state index contributed by atoms with van der Waals surface area (Å²) in [6.07, 6.45) is -3.36. The molecular weight excluding hydrogens is 435 g/mol. The molecule has 3 aromatic rings. The molecule has 0 unspecified atom stereocenters. The van der Waals surface area contributed by atoms with Crippen LogP contribution in [-0.4, -0.2) is 65.3 Å². The Labute approximate surface area is 188 Å². The third kappa shape index (κ3) is 5.98. The fraction of sp³-hybridized carbons (Fsp3) is 0.261. The van der Waals surface area contributed by atoms with Gasteiger partial charge in [0.15, 0.2) is 0 Å². The van der Waals surface area contributed by atoms with E-state index in [1.165, 1.54) is 30.6 Å². The quantitative estimate of drug-likeness (QED) is 0.620. The smallest absolute Gasteiger partial charge is 0.406 e. The summed E-state index contributed by atoms with van der Waals surface area (Å²) in [4.78, 5) is 25.4. The molecule has 4 rings (SSSR count). The highest BCUT2D eigenvalue weighted by atomic mass is 19.4. The largest absolute Gasteiger partial charge is 0.573 e. The van der Waals surface area contributed by atoms with E-state index in [2.05, 4.69) is 24.9 Å². The van der Waals surface area contributed by atoms with E-state index in [0.717, 1.165) is 18.7 Å². The number of likely N-dealkylation sites (N-methyl/N-ethyl adjacent to an activating group) is 1. The molecule has 172 valence electrons. The summed E-state index contributed by atoms with van der Waals surface area (Å²) in [6, 6.07) is 14.3. The number of halogens is 3. The van der Waals surface area contributed by atoms with Crippen LogP contribution >= 0.6 is 0 Å². The van der Waals surface area contributed by atoms with Crippen LogP contribution in [-0.2, 0) is 0 Å². The molecule has 0 atom stereocenters. The number of aromatic nitrogens is 2. The van der Waals surface area contributed by atoms with Gasteiger partial charge in [-0.3, -0.25) is 4.79 Å². The Hall–Kier alpha value is -3.66. The first-order chi connectivity index (χ1) is 15.8. The molecule has 0 radical (unpaired) electrons. The average molecular weight is 457 g/mol. The van der Waals surface area contributed by atoms with Crippen molar-refractivity contribution in [2.45, 2.75) is 6.36 Å². The van der Waals surface area contributed by atoms with E-state index in [4.69, 9.17) is 0 Å². The number of hydrogen-bond acceptors (Lipinski definition) is 6. The maximum absolute atomic E-state index is 12.9. The highest BCUT2D eigenvalue weighted by Crippen LogP contribution is 2.26. The molecule has 0 spiro atoms. The number of benzene rings is 2. The van der Waals surface area contributed by atoms with Crippen LogP contribution in [0.25, 0.3) is 11.3 Å². The van der Waals surface area contributed by atoms with Crippen LogP contribution in [0.4, 0.5) is 24.7 Å². The number of amides is 1. The summed E-state index contributed by atoms with van der Waals surface area (Å²) in [6.45, 7) is 3.06. The molecule has 1 aliphatic rings. The number of piperazine rings is 1. The summed E-state index contributed by atoms with van der Waals surface area (Å²) >= 11 is 0. The van der Waals surface area contributed by atoms with Crippen LogP contribution in [0.1, 0.15) is 10.4 Å². The normalized spacial score (nSPS) is 14.7. The van der Waals surface area contributed by atoms with Crippen molar-refractivity contribution in [3.63, 3.8) is 0 Å². The lowest BCUT2D eigenvalue weighted by atomic mass is 10.1. The van der Waals surface area contributed by atoms with E-state index >= 15 is 0 Å². The van der Waals surface area contributed by atoms with Crippen molar-refractivity contribution in [3.8, 4) is 17.0 Å². The van der Waals surface area contributed by atoms with Gasteiger partial charge in [0.2, 0.25) is 0 Å². The Bertz CT molecular complexity index is 1110. The monoisotopic (exact) mass is 457 g/mol. The first kappa shape index (κ1) is 22.5. The van der Waals surface area contributed by atoms with Crippen LogP contribution in [0.5, 0.6) is 5.75 Å². The lowest BCUT2D eigenvalue weighted by molar-refractivity contribution is -0.274. The van der Waals surface area contributed by atoms with Crippen molar-refractivity contribution in [3.05, 3.63) is 66.5 Å². The lowest BCUT2D eigenvalue weighted by Gasteiger charge is -2.32. The molecule has 1 amide bonds. The molecule has 33 heavy (non-hydrogen) atoms. The molecule has 1 aromatic heterocycles. The molecule has 2 heterocycles. The maximum atomic E-state index is 12.9. The Morgan fingerprint density at radius 1 is 1.00 bits per heavy atom. The van der Waals surface area contributed by atoms with Gasteiger partial charge in [0.1, 0.15) is 17.9 Å². The second-order valence-electron chi connectivity index (χ2n) is 7.66. The number of anilines is 2. The molecule has 2 aromatic carbocycles. The topological polar surface area (TPSA) is 70.6 Å². The van der Waals surface area contributed by atoms with Gasteiger partial charge in [0.05, 0.1) is 5.69 Å². The lowest BCUT2D eigenvalue weighted by Crippen LogP contribution is -2.47. The molecular formula is C23H22F3N5O2. The van der Waals surface area contributed by atoms with Gasteiger partial charge in [0.25, 0.3) is 5.91 Å². The molecule has 0 bridgehead atoms. The summed E-state index contributed by atoms with van der Waals surface area (Å²) in [7, 11) is 2.04. The van der Waals surface area contributed by atoms with Gasteiger partial charge < -0.3 is 19.9 Å². The number of carbonyl (C=O) groups excluding carboxylic acids is 1. The van der Waals surface area contributed by atoms with E-state index in [0.29, 0.717) is 35.9 Å². The molecule has 0 saturated carbocycles. The summed E-state index contributed by atoms with van der Waals surface area (Å²) in [5.74, 6) is 0.136. The van der Waals surface area contributed by atoms with Crippen LogP contribution in [0.2, 0.25) is 0 Å². The highest BCUT2D eigenvalue weighted by Gasteiger charge is 2.31. The molecule has 0 aliphatic carbocycles. The van der Waals surface area contributed by atoms with Crippen LogP contribution in [0.3, 0.4) is 0 Å². The second kappa shape index (κ2) is 9.45. The van der Waals surface area contributed by atoms with E-state index in [9.17, 15) is 18.0 Å². The van der Waals surface area contributed by atoms with Gasteiger partial charge in [-0.25, -0.2) is 9.97 Å². The molecule has 1 aliphatic heterocycles. The number of nitrogens with one attached hydrogen (secondary N) is 1. The van der Waals surface area contributed by atoms with Crippen LogP contribution < -0.4 is 10.1 Å². The number of ether oxygens (including phenoxy) is 1. The van der Waals surface area contributed by atoms with Crippen molar-refractivity contribution in [2.24, 2.45) is 0 Å². The Morgan fingerprint density at radius 2 is 1.73 bits per heavy atom. The minimum Gasteiger partial charge on any atom is -0.406 e. The van der Waals surface area contributed by atoms with Crippen molar-refractivity contribution in [1.82, 2.24) is 19.8 Å². The maximum Gasteiger partial charge on any atom is 0.573 e. The van der Waals surface area contributed by atoms with Crippen molar-refractivity contribution >= 4 is 17.4 Å². The third-order valence-electron chi connectivity index (χ3n) is 5.22. The highest BCUT2D eigenvalue weighted by molar-refractivity contribution is 5.95. The Kier molecular flexibility index (Phi) is 6.45. The standard InChI is InChI=1S/C23H22F3N5O2/c1-30-9-11-31(12-10-30)22(32)17-4-2-3-16(13-17)20-14-21(28-15-27-20)29-18-5-7-19(8-6-18)33-23(24,25)26/h2-8,13-15H,9-12H2,1H3,(H,27,28,29). The molecule has 1 N–H and O–H groups in total. The minimum atomic E-state index is -4.74. The van der Waals surface area contributed by atoms with Crippen molar-refractivity contribution in [1.29, 1.82) is 0 Å².